The zero-order valence-electron chi connectivity index (χ0n) is 10.5. The highest BCUT2D eigenvalue weighted by Gasteiger charge is 2.18. The van der Waals surface area contributed by atoms with Gasteiger partial charge in [-0.25, -0.2) is 9.97 Å². The van der Waals surface area contributed by atoms with Gasteiger partial charge in [-0.05, 0) is 32.1 Å². The molecule has 0 aliphatic heterocycles. The molecule has 2 rings (SSSR count). The second kappa shape index (κ2) is 5.84. The lowest BCUT2D eigenvalue weighted by atomic mass is 9.98. The summed E-state index contributed by atoms with van der Waals surface area (Å²) in [6, 6.07) is 0. The van der Waals surface area contributed by atoms with Crippen LogP contribution in [0.4, 0.5) is 5.82 Å². The van der Waals surface area contributed by atoms with Crippen molar-refractivity contribution in [2.75, 3.05) is 5.73 Å². The molecule has 1 aliphatic carbocycles. The lowest BCUT2D eigenvalue weighted by molar-refractivity contribution is 0.147. The summed E-state index contributed by atoms with van der Waals surface area (Å²) in [5, 5.41) is 0. The fraction of sp³-hybridized carbons (Fsp3) is 0.692. The Morgan fingerprint density at radius 2 is 2.06 bits per heavy atom. The monoisotopic (exact) mass is 235 g/mol. The van der Waals surface area contributed by atoms with E-state index in [4.69, 9.17) is 10.5 Å². The molecule has 0 saturated heterocycles. The first-order valence-corrected chi connectivity index (χ1v) is 6.57. The lowest BCUT2D eigenvalue weighted by Crippen LogP contribution is -2.21. The van der Waals surface area contributed by atoms with Crippen LogP contribution in [0.5, 0.6) is 5.88 Å². The first-order chi connectivity index (χ1) is 8.31. The summed E-state index contributed by atoms with van der Waals surface area (Å²) in [6.07, 6.45) is 9.83. The fourth-order valence-electron chi connectivity index (χ4n) is 2.34. The highest BCUT2D eigenvalue weighted by molar-refractivity contribution is 5.44. The maximum absolute atomic E-state index is 5.99. The summed E-state index contributed by atoms with van der Waals surface area (Å²) >= 11 is 0. The number of anilines is 1. The number of nitrogen functional groups attached to an aromatic ring is 1. The SMILES string of the molecule is CCCc1c(N)ncnc1OC1CCCCC1. The Labute approximate surface area is 103 Å². The number of ether oxygens (including phenoxy) is 1. The van der Waals surface area contributed by atoms with Gasteiger partial charge < -0.3 is 10.5 Å². The molecular formula is C13H21N3O. The third kappa shape index (κ3) is 3.08. The summed E-state index contributed by atoms with van der Waals surface area (Å²) in [4.78, 5) is 8.28. The van der Waals surface area contributed by atoms with E-state index in [1.807, 2.05) is 0 Å². The minimum absolute atomic E-state index is 0.314. The second-order valence-corrected chi connectivity index (χ2v) is 4.67. The van der Waals surface area contributed by atoms with Crippen molar-refractivity contribution in [1.82, 2.24) is 9.97 Å². The maximum atomic E-state index is 5.99. The highest BCUT2D eigenvalue weighted by Crippen LogP contribution is 2.26. The summed E-state index contributed by atoms with van der Waals surface area (Å²) in [6.45, 7) is 2.12. The number of aromatic nitrogens is 2. The van der Waals surface area contributed by atoms with Gasteiger partial charge in [-0.2, -0.15) is 0 Å². The van der Waals surface area contributed by atoms with Gasteiger partial charge in [-0.3, -0.25) is 0 Å². The molecule has 4 heteroatoms. The zero-order chi connectivity index (χ0) is 12.1. The standard InChI is InChI=1S/C13H21N3O/c1-2-6-11-12(14)15-9-16-13(11)17-10-7-4-3-5-8-10/h9-10H,2-8H2,1H3,(H2,14,15,16). The number of hydrogen-bond donors (Lipinski definition) is 1. The summed E-state index contributed by atoms with van der Waals surface area (Å²) in [5.74, 6) is 1.26. The molecule has 1 aromatic heterocycles. The quantitative estimate of drug-likeness (QED) is 0.871. The zero-order valence-corrected chi connectivity index (χ0v) is 10.5. The van der Waals surface area contributed by atoms with Crippen LogP contribution < -0.4 is 10.5 Å². The molecule has 17 heavy (non-hydrogen) atoms. The second-order valence-electron chi connectivity index (χ2n) is 4.67. The number of hydrogen-bond acceptors (Lipinski definition) is 4. The summed E-state index contributed by atoms with van der Waals surface area (Å²) in [5.41, 5.74) is 6.85. The minimum Gasteiger partial charge on any atom is -0.474 e. The van der Waals surface area contributed by atoms with E-state index in [-0.39, 0.29) is 0 Å². The average molecular weight is 235 g/mol. The van der Waals surface area contributed by atoms with Crippen LogP contribution in [0.1, 0.15) is 51.0 Å². The van der Waals surface area contributed by atoms with Crippen LogP contribution in [0.2, 0.25) is 0 Å². The molecule has 1 aliphatic rings. The molecule has 0 aromatic carbocycles. The third-order valence-corrected chi connectivity index (χ3v) is 3.27. The van der Waals surface area contributed by atoms with Gasteiger partial charge >= 0.3 is 0 Å². The molecule has 94 valence electrons. The molecule has 1 saturated carbocycles. The van der Waals surface area contributed by atoms with Gasteiger partial charge in [-0.15, -0.1) is 0 Å². The Morgan fingerprint density at radius 3 is 2.76 bits per heavy atom. The van der Waals surface area contributed by atoms with Crippen LogP contribution in [-0.2, 0) is 6.42 Å². The topological polar surface area (TPSA) is 61.0 Å². The largest absolute Gasteiger partial charge is 0.474 e. The first kappa shape index (κ1) is 12.1. The molecule has 0 unspecified atom stereocenters. The van der Waals surface area contributed by atoms with Gasteiger partial charge in [0.1, 0.15) is 18.2 Å². The van der Waals surface area contributed by atoms with E-state index in [1.54, 1.807) is 0 Å². The molecule has 0 atom stereocenters. The molecule has 4 nitrogen and oxygen atoms in total. The Kier molecular flexibility index (Phi) is 4.18. The van der Waals surface area contributed by atoms with Gasteiger partial charge in [0.25, 0.3) is 0 Å². The van der Waals surface area contributed by atoms with Gasteiger partial charge in [0.05, 0.1) is 5.56 Å². The predicted molar refractivity (Wildman–Crippen MR) is 67.9 cm³/mol. The molecule has 2 N–H and O–H groups in total. The normalized spacial score (nSPS) is 17.0. The lowest BCUT2D eigenvalue weighted by Gasteiger charge is -2.23. The van der Waals surface area contributed by atoms with Gasteiger partial charge in [0, 0.05) is 0 Å². The van der Waals surface area contributed by atoms with Crippen molar-refractivity contribution in [1.29, 1.82) is 0 Å². The van der Waals surface area contributed by atoms with Crippen molar-refractivity contribution >= 4 is 5.82 Å². The van der Waals surface area contributed by atoms with E-state index in [2.05, 4.69) is 16.9 Å². The first-order valence-electron chi connectivity index (χ1n) is 6.57. The van der Waals surface area contributed by atoms with Crippen molar-refractivity contribution in [2.24, 2.45) is 0 Å². The van der Waals surface area contributed by atoms with Crippen LogP contribution in [-0.4, -0.2) is 16.1 Å². The summed E-state index contributed by atoms with van der Waals surface area (Å²) < 4.78 is 5.99. The van der Waals surface area contributed by atoms with Gasteiger partial charge in [-0.1, -0.05) is 19.8 Å². The number of nitrogens with zero attached hydrogens (tertiary/aromatic N) is 2. The minimum atomic E-state index is 0.314. The average Bonchev–Trinajstić information content (AvgIpc) is 2.35. The molecule has 0 radical (unpaired) electrons. The van der Waals surface area contributed by atoms with Crippen molar-refractivity contribution in [3.05, 3.63) is 11.9 Å². The van der Waals surface area contributed by atoms with Crippen LogP contribution >= 0.6 is 0 Å². The molecule has 0 bridgehead atoms. The van der Waals surface area contributed by atoms with Gasteiger partial charge in [0.2, 0.25) is 5.88 Å². The molecule has 1 heterocycles. The molecule has 1 fully saturated rings. The Morgan fingerprint density at radius 1 is 1.29 bits per heavy atom. The predicted octanol–water partition coefficient (Wildman–Crippen LogP) is 2.72. The molecule has 0 amide bonds. The van der Waals surface area contributed by atoms with Crippen LogP contribution in [0.25, 0.3) is 0 Å². The Bertz CT molecular complexity index is 362. The number of nitrogens with two attached hydrogens (primary N) is 1. The van der Waals surface area contributed by atoms with E-state index in [0.717, 1.165) is 31.2 Å². The molecule has 1 aromatic rings. The molecule has 0 spiro atoms. The van der Waals surface area contributed by atoms with Crippen molar-refractivity contribution in [2.45, 2.75) is 58.0 Å². The van der Waals surface area contributed by atoms with E-state index in [9.17, 15) is 0 Å². The fourth-order valence-corrected chi connectivity index (χ4v) is 2.34. The highest BCUT2D eigenvalue weighted by atomic mass is 16.5. The van der Waals surface area contributed by atoms with Crippen LogP contribution in [0.15, 0.2) is 6.33 Å². The third-order valence-electron chi connectivity index (χ3n) is 3.27. The maximum Gasteiger partial charge on any atom is 0.222 e. The summed E-state index contributed by atoms with van der Waals surface area (Å²) in [7, 11) is 0. The van der Waals surface area contributed by atoms with Crippen molar-refractivity contribution in [3.63, 3.8) is 0 Å². The van der Waals surface area contributed by atoms with E-state index >= 15 is 0 Å². The number of rotatable bonds is 4. The smallest absolute Gasteiger partial charge is 0.222 e. The Hall–Kier alpha value is -1.32. The van der Waals surface area contributed by atoms with Gasteiger partial charge in [0.15, 0.2) is 0 Å². The van der Waals surface area contributed by atoms with Crippen molar-refractivity contribution < 1.29 is 4.74 Å². The van der Waals surface area contributed by atoms with Crippen LogP contribution in [0.3, 0.4) is 0 Å². The van der Waals surface area contributed by atoms with E-state index < -0.39 is 0 Å². The van der Waals surface area contributed by atoms with E-state index in [0.29, 0.717) is 17.8 Å². The van der Waals surface area contributed by atoms with Crippen molar-refractivity contribution in [3.8, 4) is 5.88 Å². The van der Waals surface area contributed by atoms with Crippen LogP contribution in [0, 0.1) is 0 Å². The van der Waals surface area contributed by atoms with E-state index in [1.165, 1.54) is 25.6 Å². The molecular weight excluding hydrogens is 214 g/mol. The Balaban J connectivity index is 2.10.